The van der Waals surface area contributed by atoms with Gasteiger partial charge in [-0.25, -0.2) is 9.97 Å². The van der Waals surface area contributed by atoms with Crippen molar-refractivity contribution in [1.82, 2.24) is 29.1 Å². The highest BCUT2D eigenvalue weighted by atomic mass is 16.5. The van der Waals surface area contributed by atoms with Crippen LogP contribution in [0.3, 0.4) is 0 Å². The maximum absolute atomic E-state index is 9.66. The van der Waals surface area contributed by atoms with E-state index in [4.69, 9.17) is 4.74 Å². The summed E-state index contributed by atoms with van der Waals surface area (Å²) in [5.41, 5.74) is 5.55. The van der Waals surface area contributed by atoms with Gasteiger partial charge in [0, 0.05) is 23.5 Å². The Morgan fingerprint density at radius 1 is 1.09 bits per heavy atom. The van der Waals surface area contributed by atoms with E-state index in [2.05, 4.69) is 31.4 Å². The van der Waals surface area contributed by atoms with Crippen molar-refractivity contribution in [1.29, 1.82) is 5.26 Å². The van der Waals surface area contributed by atoms with Crippen molar-refractivity contribution in [2.75, 3.05) is 12.4 Å². The van der Waals surface area contributed by atoms with Gasteiger partial charge in [0.25, 0.3) is 5.78 Å². The molecule has 0 aliphatic heterocycles. The molecule has 0 amide bonds. The lowest BCUT2D eigenvalue weighted by Gasteiger charge is -2.11. The topological polar surface area (TPSA) is 106 Å². The molecule has 33 heavy (non-hydrogen) atoms. The van der Waals surface area contributed by atoms with Crippen LogP contribution in [0.4, 0.5) is 11.6 Å². The Labute approximate surface area is 190 Å². The molecule has 0 aliphatic carbocycles. The third kappa shape index (κ3) is 3.64. The zero-order valence-corrected chi connectivity index (χ0v) is 18.3. The molecular formula is C24H20N8O. The first-order valence-corrected chi connectivity index (χ1v) is 10.3. The van der Waals surface area contributed by atoms with Crippen molar-refractivity contribution >= 4 is 17.4 Å². The third-order valence-electron chi connectivity index (χ3n) is 5.31. The number of hydrogen-bond acceptors (Lipinski definition) is 7. The molecule has 5 rings (SSSR count). The van der Waals surface area contributed by atoms with Gasteiger partial charge in [0.15, 0.2) is 0 Å². The standard InChI is InChI=1S/C24H20N8O/c1-15-6-4-5-7-19(15)22-17(11-25)12-26-24-29-23(30-32(22)24)28-18-8-9-20(21(10-18)33-3)31-13-16(2)27-14-31/h4-10,12-14H,1-3H3,(H,28,30). The second-order valence-corrected chi connectivity index (χ2v) is 7.53. The van der Waals surface area contributed by atoms with Crippen LogP contribution in [0.5, 0.6) is 5.75 Å². The van der Waals surface area contributed by atoms with Crippen molar-refractivity contribution < 1.29 is 4.74 Å². The maximum atomic E-state index is 9.66. The number of rotatable bonds is 5. The summed E-state index contributed by atoms with van der Waals surface area (Å²) < 4.78 is 9.09. The molecule has 1 N–H and O–H groups in total. The third-order valence-corrected chi connectivity index (χ3v) is 5.31. The minimum absolute atomic E-state index is 0.362. The number of aromatic nitrogens is 6. The van der Waals surface area contributed by atoms with Crippen molar-refractivity contribution in [2.24, 2.45) is 0 Å². The SMILES string of the molecule is COc1cc(Nc2nc3ncc(C#N)c(-c4ccccc4C)n3n2)ccc1-n1cnc(C)c1. The summed E-state index contributed by atoms with van der Waals surface area (Å²) >= 11 is 0. The number of ether oxygens (including phenoxy) is 1. The molecule has 9 nitrogen and oxygen atoms in total. The van der Waals surface area contributed by atoms with E-state index in [1.807, 2.05) is 67.1 Å². The Morgan fingerprint density at radius 2 is 1.94 bits per heavy atom. The van der Waals surface area contributed by atoms with Crippen LogP contribution in [-0.2, 0) is 0 Å². The lowest BCUT2D eigenvalue weighted by atomic mass is 10.0. The average molecular weight is 436 g/mol. The van der Waals surface area contributed by atoms with Gasteiger partial charge in [-0.05, 0) is 31.5 Å². The summed E-state index contributed by atoms with van der Waals surface area (Å²) in [6, 6.07) is 15.8. The molecule has 162 valence electrons. The summed E-state index contributed by atoms with van der Waals surface area (Å²) in [5.74, 6) is 1.43. The fraction of sp³-hybridized carbons (Fsp3) is 0.125. The Morgan fingerprint density at radius 3 is 2.67 bits per heavy atom. The number of imidazole rings is 1. The largest absolute Gasteiger partial charge is 0.494 e. The van der Waals surface area contributed by atoms with Gasteiger partial charge in [-0.2, -0.15) is 14.8 Å². The number of nitrogens with one attached hydrogen (secondary N) is 1. The van der Waals surface area contributed by atoms with E-state index < -0.39 is 0 Å². The fourth-order valence-corrected chi connectivity index (χ4v) is 3.72. The first kappa shape index (κ1) is 20.2. The van der Waals surface area contributed by atoms with Gasteiger partial charge in [0.2, 0.25) is 5.95 Å². The summed E-state index contributed by atoms with van der Waals surface area (Å²) in [7, 11) is 1.62. The van der Waals surface area contributed by atoms with Gasteiger partial charge in [-0.3, -0.25) is 0 Å². The zero-order chi connectivity index (χ0) is 22.9. The van der Waals surface area contributed by atoms with Gasteiger partial charge >= 0.3 is 0 Å². The highest BCUT2D eigenvalue weighted by Gasteiger charge is 2.17. The van der Waals surface area contributed by atoms with Gasteiger partial charge < -0.3 is 14.6 Å². The molecule has 2 aromatic carbocycles. The minimum Gasteiger partial charge on any atom is -0.494 e. The Hall–Kier alpha value is -4.71. The van der Waals surface area contributed by atoms with Crippen molar-refractivity contribution in [3.05, 3.63) is 78.0 Å². The van der Waals surface area contributed by atoms with Crippen LogP contribution in [0.2, 0.25) is 0 Å². The van der Waals surface area contributed by atoms with E-state index in [1.165, 1.54) is 6.20 Å². The van der Waals surface area contributed by atoms with E-state index >= 15 is 0 Å². The lowest BCUT2D eigenvalue weighted by molar-refractivity contribution is 0.413. The molecule has 3 aromatic heterocycles. The smallest absolute Gasteiger partial charge is 0.254 e. The normalized spacial score (nSPS) is 10.8. The number of benzene rings is 2. The Balaban J connectivity index is 1.55. The quantitative estimate of drug-likeness (QED) is 0.440. The lowest BCUT2D eigenvalue weighted by Crippen LogP contribution is -2.02. The molecule has 9 heteroatoms. The second-order valence-electron chi connectivity index (χ2n) is 7.53. The monoisotopic (exact) mass is 436 g/mol. The van der Waals surface area contributed by atoms with E-state index in [-0.39, 0.29) is 0 Å². The van der Waals surface area contributed by atoms with Crippen LogP contribution in [-0.4, -0.2) is 36.2 Å². The van der Waals surface area contributed by atoms with Gasteiger partial charge in [0.05, 0.1) is 42.3 Å². The molecule has 0 spiro atoms. The molecule has 0 unspecified atom stereocenters. The van der Waals surface area contributed by atoms with Crippen LogP contribution >= 0.6 is 0 Å². The highest BCUT2D eigenvalue weighted by Crippen LogP contribution is 2.30. The molecule has 0 saturated carbocycles. The van der Waals surface area contributed by atoms with Crippen molar-refractivity contribution in [3.63, 3.8) is 0 Å². The summed E-state index contributed by atoms with van der Waals surface area (Å²) in [5, 5.41) is 17.5. The van der Waals surface area contributed by atoms with Crippen LogP contribution in [0.25, 0.3) is 22.7 Å². The molecule has 0 aliphatic rings. The summed E-state index contributed by atoms with van der Waals surface area (Å²) in [4.78, 5) is 13.1. The molecule has 5 aromatic rings. The molecule has 0 saturated heterocycles. The summed E-state index contributed by atoms with van der Waals surface area (Å²) in [6.45, 7) is 3.93. The molecule has 0 bridgehead atoms. The summed E-state index contributed by atoms with van der Waals surface area (Å²) in [6.07, 6.45) is 5.20. The van der Waals surface area contributed by atoms with Crippen molar-refractivity contribution in [2.45, 2.75) is 13.8 Å². The minimum atomic E-state index is 0.362. The fourth-order valence-electron chi connectivity index (χ4n) is 3.72. The zero-order valence-electron chi connectivity index (χ0n) is 18.3. The van der Waals surface area contributed by atoms with E-state index in [9.17, 15) is 5.26 Å². The van der Waals surface area contributed by atoms with E-state index in [1.54, 1.807) is 18.0 Å². The first-order valence-electron chi connectivity index (χ1n) is 10.3. The second kappa shape index (κ2) is 8.09. The van der Waals surface area contributed by atoms with Crippen LogP contribution in [0.1, 0.15) is 16.8 Å². The number of anilines is 2. The molecule has 0 atom stereocenters. The van der Waals surface area contributed by atoms with Crippen LogP contribution in [0.15, 0.2) is 61.2 Å². The Kier molecular flexibility index (Phi) is 4.95. The molecule has 0 radical (unpaired) electrons. The Bertz CT molecular complexity index is 1530. The average Bonchev–Trinajstić information content (AvgIpc) is 3.44. The van der Waals surface area contributed by atoms with Gasteiger partial charge in [0.1, 0.15) is 11.8 Å². The van der Waals surface area contributed by atoms with E-state index in [0.717, 1.165) is 28.2 Å². The maximum Gasteiger partial charge on any atom is 0.254 e. The number of methoxy groups -OCH3 is 1. The van der Waals surface area contributed by atoms with Crippen LogP contribution in [0, 0.1) is 25.2 Å². The molecular weight excluding hydrogens is 416 g/mol. The number of hydrogen-bond donors (Lipinski definition) is 1. The van der Waals surface area contributed by atoms with E-state index in [0.29, 0.717) is 28.7 Å². The number of fused-ring (bicyclic) bond motifs is 1. The van der Waals surface area contributed by atoms with Crippen LogP contribution < -0.4 is 10.1 Å². The highest BCUT2D eigenvalue weighted by molar-refractivity contribution is 5.72. The predicted molar refractivity (Wildman–Crippen MR) is 124 cm³/mol. The number of nitriles is 1. The number of aryl methyl sites for hydroxylation is 2. The predicted octanol–water partition coefficient (Wildman–Crippen LogP) is 4.22. The molecule has 0 fully saturated rings. The molecule has 3 heterocycles. The first-order chi connectivity index (χ1) is 16.1. The van der Waals surface area contributed by atoms with Crippen molar-refractivity contribution in [3.8, 4) is 28.8 Å². The number of nitrogens with zero attached hydrogens (tertiary/aromatic N) is 7. The van der Waals surface area contributed by atoms with Gasteiger partial charge in [-0.15, -0.1) is 5.10 Å². The van der Waals surface area contributed by atoms with Gasteiger partial charge in [-0.1, -0.05) is 24.3 Å².